The van der Waals surface area contributed by atoms with E-state index in [1.54, 1.807) is 0 Å². The monoisotopic (exact) mass is 246 g/mol. The zero-order valence-corrected chi connectivity index (χ0v) is 11.0. The lowest BCUT2D eigenvalue weighted by molar-refractivity contribution is -0.157. The number of nitrogens with zero attached hydrogens (tertiary/aromatic N) is 2. The number of imidazole rings is 1. The average Bonchev–Trinajstić information content (AvgIpc) is 2.56. The lowest BCUT2D eigenvalue weighted by atomic mass is 9.67. The summed E-state index contributed by atoms with van der Waals surface area (Å²) < 4.78 is 7.34. The molecule has 1 N–H and O–H groups in total. The number of benzene rings is 1. The molecule has 1 saturated heterocycles. The molecule has 0 saturated carbocycles. The minimum atomic E-state index is -0.798. The molecule has 4 heteroatoms. The Morgan fingerprint density at radius 2 is 2.11 bits per heavy atom. The van der Waals surface area contributed by atoms with Gasteiger partial charge < -0.3 is 14.4 Å². The Bertz CT molecular complexity index is 591. The molecule has 3 rings (SSSR count). The van der Waals surface area contributed by atoms with Crippen molar-refractivity contribution in [1.29, 1.82) is 0 Å². The van der Waals surface area contributed by atoms with Crippen LogP contribution in [0.1, 0.15) is 19.4 Å². The van der Waals surface area contributed by atoms with Gasteiger partial charge in [0.05, 0.1) is 41.6 Å². The molecule has 2 heterocycles. The fourth-order valence-corrected chi connectivity index (χ4v) is 2.61. The van der Waals surface area contributed by atoms with E-state index < -0.39 is 5.60 Å². The quantitative estimate of drug-likeness (QED) is 0.875. The van der Waals surface area contributed by atoms with Crippen LogP contribution in [0.25, 0.3) is 11.0 Å². The van der Waals surface area contributed by atoms with Gasteiger partial charge in [-0.2, -0.15) is 0 Å². The van der Waals surface area contributed by atoms with Gasteiger partial charge in [0.2, 0.25) is 0 Å². The maximum atomic E-state index is 10.4. The molecule has 0 spiro atoms. The van der Waals surface area contributed by atoms with Gasteiger partial charge >= 0.3 is 0 Å². The number of aryl methyl sites for hydroxylation is 1. The molecule has 2 aromatic rings. The fourth-order valence-electron chi connectivity index (χ4n) is 2.61. The van der Waals surface area contributed by atoms with Gasteiger partial charge in [0, 0.05) is 7.05 Å². The van der Waals surface area contributed by atoms with E-state index in [0.29, 0.717) is 13.2 Å². The van der Waals surface area contributed by atoms with Gasteiger partial charge in [-0.3, -0.25) is 0 Å². The van der Waals surface area contributed by atoms with E-state index in [1.807, 2.05) is 31.8 Å². The molecule has 4 nitrogen and oxygen atoms in total. The standard InChI is InChI=1S/C14H18N2O2/c1-13(2,17)14(7-18-8-14)10-4-5-12-11(6-10)15-9-16(12)3/h4-6,9,17H,7-8H2,1-3H3. The number of aliphatic hydroxyl groups is 1. The third-order valence-electron chi connectivity index (χ3n) is 4.15. The molecule has 0 radical (unpaired) electrons. The highest BCUT2D eigenvalue weighted by molar-refractivity contribution is 5.76. The van der Waals surface area contributed by atoms with E-state index in [1.165, 1.54) is 0 Å². The van der Waals surface area contributed by atoms with Gasteiger partial charge in [0.25, 0.3) is 0 Å². The van der Waals surface area contributed by atoms with Gasteiger partial charge in [0.15, 0.2) is 0 Å². The van der Waals surface area contributed by atoms with Crippen LogP contribution in [-0.4, -0.2) is 33.5 Å². The molecule has 0 amide bonds. The van der Waals surface area contributed by atoms with E-state index >= 15 is 0 Å². The Balaban J connectivity index is 2.14. The number of hydrogen-bond acceptors (Lipinski definition) is 3. The molecule has 18 heavy (non-hydrogen) atoms. The van der Waals surface area contributed by atoms with Crippen molar-refractivity contribution in [2.45, 2.75) is 24.9 Å². The highest BCUT2D eigenvalue weighted by Gasteiger charge is 2.51. The normalized spacial score (nSPS) is 18.9. The zero-order chi connectivity index (χ0) is 13.0. The van der Waals surface area contributed by atoms with Crippen molar-refractivity contribution in [2.24, 2.45) is 7.05 Å². The molecular weight excluding hydrogens is 228 g/mol. The summed E-state index contributed by atoms with van der Waals surface area (Å²) in [4.78, 5) is 4.37. The number of aromatic nitrogens is 2. The number of hydrogen-bond donors (Lipinski definition) is 1. The van der Waals surface area contributed by atoms with Gasteiger partial charge in [0.1, 0.15) is 0 Å². The molecule has 1 aliphatic rings. The molecule has 0 atom stereocenters. The minimum Gasteiger partial charge on any atom is -0.389 e. The lowest BCUT2D eigenvalue weighted by Crippen LogP contribution is -2.60. The highest BCUT2D eigenvalue weighted by atomic mass is 16.5. The van der Waals surface area contributed by atoms with Crippen molar-refractivity contribution in [2.75, 3.05) is 13.2 Å². The molecule has 0 unspecified atom stereocenters. The van der Waals surface area contributed by atoms with Gasteiger partial charge in [-0.1, -0.05) is 6.07 Å². The maximum Gasteiger partial charge on any atom is 0.0955 e. The molecular formula is C14H18N2O2. The largest absolute Gasteiger partial charge is 0.389 e. The van der Waals surface area contributed by atoms with Crippen molar-refractivity contribution >= 4 is 11.0 Å². The molecule has 1 aliphatic heterocycles. The zero-order valence-electron chi connectivity index (χ0n) is 11.0. The topological polar surface area (TPSA) is 47.3 Å². The third-order valence-corrected chi connectivity index (χ3v) is 4.15. The number of fused-ring (bicyclic) bond motifs is 1. The molecule has 1 aromatic heterocycles. The second-order valence-corrected chi connectivity index (χ2v) is 5.69. The van der Waals surface area contributed by atoms with E-state index in [9.17, 15) is 5.11 Å². The molecule has 0 bridgehead atoms. The average molecular weight is 246 g/mol. The summed E-state index contributed by atoms with van der Waals surface area (Å²) in [5.74, 6) is 0. The second-order valence-electron chi connectivity index (χ2n) is 5.69. The molecule has 1 aromatic carbocycles. The number of rotatable bonds is 2. The Hall–Kier alpha value is -1.39. The first kappa shape index (κ1) is 11.7. The number of ether oxygens (including phenoxy) is 1. The summed E-state index contributed by atoms with van der Waals surface area (Å²) in [6.07, 6.45) is 1.81. The van der Waals surface area contributed by atoms with Gasteiger partial charge in [-0.15, -0.1) is 0 Å². The van der Waals surface area contributed by atoms with Crippen LogP contribution in [0, 0.1) is 0 Å². The molecule has 1 fully saturated rings. The van der Waals surface area contributed by atoms with Crippen LogP contribution < -0.4 is 0 Å². The van der Waals surface area contributed by atoms with Crippen molar-refractivity contribution in [1.82, 2.24) is 9.55 Å². The van der Waals surface area contributed by atoms with Crippen LogP contribution in [0.2, 0.25) is 0 Å². The van der Waals surface area contributed by atoms with E-state index in [2.05, 4.69) is 23.2 Å². The Labute approximate surface area is 106 Å². The summed E-state index contributed by atoms with van der Waals surface area (Å²) >= 11 is 0. The van der Waals surface area contributed by atoms with Crippen LogP contribution in [0.3, 0.4) is 0 Å². The van der Waals surface area contributed by atoms with Crippen LogP contribution in [-0.2, 0) is 17.2 Å². The summed E-state index contributed by atoms with van der Waals surface area (Å²) in [5.41, 5.74) is 2.06. The Morgan fingerprint density at radius 1 is 1.39 bits per heavy atom. The van der Waals surface area contributed by atoms with E-state index in [-0.39, 0.29) is 5.41 Å². The first-order valence-electron chi connectivity index (χ1n) is 6.16. The van der Waals surface area contributed by atoms with Crippen LogP contribution in [0.4, 0.5) is 0 Å². The molecule has 0 aliphatic carbocycles. The maximum absolute atomic E-state index is 10.4. The SMILES string of the molecule is Cn1cnc2cc(C3(C(C)(C)O)COC3)ccc21. The Morgan fingerprint density at radius 3 is 2.67 bits per heavy atom. The predicted molar refractivity (Wildman–Crippen MR) is 69.5 cm³/mol. The van der Waals surface area contributed by atoms with Crippen LogP contribution in [0.5, 0.6) is 0 Å². The van der Waals surface area contributed by atoms with Gasteiger partial charge in [-0.25, -0.2) is 4.98 Å². The van der Waals surface area contributed by atoms with Crippen molar-refractivity contribution < 1.29 is 9.84 Å². The molecule has 96 valence electrons. The van der Waals surface area contributed by atoms with Crippen LogP contribution >= 0.6 is 0 Å². The Kier molecular flexibility index (Phi) is 2.31. The summed E-state index contributed by atoms with van der Waals surface area (Å²) in [6, 6.07) is 6.20. The van der Waals surface area contributed by atoms with Gasteiger partial charge in [-0.05, 0) is 31.5 Å². The summed E-state index contributed by atoms with van der Waals surface area (Å²) in [6.45, 7) is 4.82. The first-order chi connectivity index (χ1) is 8.44. The van der Waals surface area contributed by atoms with Crippen molar-refractivity contribution in [3.63, 3.8) is 0 Å². The highest BCUT2D eigenvalue weighted by Crippen LogP contribution is 2.42. The first-order valence-corrected chi connectivity index (χ1v) is 6.16. The third kappa shape index (κ3) is 1.42. The smallest absolute Gasteiger partial charge is 0.0955 e. The van der Waals surface area contributed by atoms with E-state index in [0.717, 1.165) is 16.6 Å². The van der Waals surface area contributed by atoms with Crippen LogP contribution in [0.15, 0.2) is 24.5 Å². The lowest BCUT2D eigenvalue weighted by Gasteiger charge is -2.50. The minimum absolute atomic E-state index is 0.307. The summed E-state index contributed by atoms with van der Waals surface area (Å²) in [5, 5.41) is 10.4. The second kappa shape index (κ2) is 3.56. The van der Waals surface area contributed by atoms with Crippen molar-refractivity contribution in [3.8, 4) is 0 Å². The summed E-state index contributed by atoms with van der Waals surface area (Å²) in [7, 11) is 1.98. The fraction of sp³-hybridized carbons (Fsp3) is 0.500. The van der Waals surface area contributed by atoms with Crippen molar-refractivity contribution in [3.05, 3.63) is 30.1 Å². The predicted octanol–water partition coefficient (Wildman–Crippen LogP) is 1.61. The van der Waals surface area contributed by atoms with E-state index in [4.69, 9.17) is 4.74 Å².